The molecule has 0 unspecified atom stereocenters. The van der Waals surface area contributed by atoms with Crippen LogP contribution in [0.3, 0.4) is 0 Å². The van der Waals surface area contributed by atoms with Crippen molar-refractivity contribution in [3.05, 3.63) is 71.7 Å². The molecule has 1 aliphatic heterocycles. The van der Waals surface area contributed by atoms with E-state index in [0.717, 1.165) is 29.0 Å². The Kier molecular flexibility index (Phi) is 18.7. The van der Waals surface area contributed by atoms with E-state index in [1.165, 1.54) is 18.6 Å². The van der Waals surface area contributed by atoms with Gasteiger partial charge in [0.05, 0.1) is 0 Å². The van der Waals surface area contributed by atoms with E-state index < -0.39 is 6.36 Å². The van der Waals surface area contributed by atoms with Crippen molar-refractivity contribution in [3.63, 3.8) is 0 Å². The predicted octanol–water partition coefficient (Wildman–Crippen LogP) is 8.66. The fourth-order valence-corrected chi connectivity index (χ4v) is 3.92. The van der Waals surface area contributed by atoms with E-state index in [1.807, 2.05) is 89.7 Å². The molecule has 0 spiro atoms. The van der Waals surface area contributed by atoms with Gasteiger partial charge in [-0.25, -0.2) is 4.99 Å². The van der Waals surface area contributed by atoms with Crippen molar-refractivity contribution < 1.29 is 22.7 Å². The summed E-state index contributed by atoms with van der Waals surface area (Å²) < 4.78 is 41.6. The molecule has 9 heteroatoms. The number of alkyl halides is 3. The largest absolute Gasteiger partial charge is 0.573 e. The number of benzene rings is 1. The number of rotatable bonds is 8. The van der Waals surface area contributed by atoms with Gasteiger partial charge in [0.2, 0.25) is 5.91 Å². The Morgan fingerprint density at radius 3 is 1.98 bits per heavy atom. The molecule has 1 heterocycles. The molecule has 1 fully saturated rings. The summed E-state index contributed by atoms with van der Waals surface area (Å²) in [5, 5.41) is 0. The van der Waals surface area contributed by atoms with Crippen molar-refractivity contribution in [2.24, 2.45) is 4.99 Å². The van der Waals surface area contributed by atoms with Crippen molar-refractivity contribution in [2.75, 3.05) is 33.2 Å². The summed E-state index contributed by atoms with van der Waals surface area (Å²) in [4.78, 5) is 23.2. The van der Waals surface area contributed by atoms with Gasteiger partial charge in [0.15, 0.2) is 0 Å². The van der Waals surface area contributed by atoms with Gasteiger partial charge in [0.1, 0.15) is 17.4 Å². The lowest BCUT2D eigenvalue weighted by Gasteiger charge is -2.36. The highest BCUT2D eigenvalue weighted by Gasteiger charge is 2.31. The number of carbonyl (C=O) groups is 1. The number of allylic oxidation sites excluding steroid dienone is 4. The number of hydrogen-bond acceptors (Lipinski definition) is 4. The summed E-state index contributed by atoms with van der Waals surface area (Å²) in [6.45, 7) is 20.5. The molecule has 1 saturated heterocycles. The molecule has 0 aliphatic carbocycles. The molecule has 2 rings (SSSR count). The molecule has 236 valence electrons. The van der Waals surface area contributed by atoms with Crippen LogP contribution >= 0.6 is 0 Å². The Balaban J connectivity index is 0.00000315. The molecule has 1 aromatic rings. The van der Waals surface area contributed by atoms with E-state index in [1.54, 1.807) is 18.2 Å². The third-order valence-electron chi connectivity index (χ3n) is 6.02. The Morgan fingerprint density at radius 1 is 1.00 bits per heavy atom. The van der Waals surface area contributed by atoms with E-state index in [4.69, 9.17) is 4.99 Å². The molecule has 6 nitrogen and oxygen atoms in total. The standard InChI is InChI=1S/C28H37F3N4O2.C3H8.C2H6/c1-7-10-11-26(36)35-19-17-34(18-20-35)25(9-3)32-27(33(6)16-8-2)22(5)21(4)23-12-14-24(15-13-23)37-28(29,30)31;1-3-2;1-2/h8-16H,7,17-20H2,1-6H3;3H2,1-2H3;1-2H3/b11-10+,16-8+,22-21+,25-9-,32-27+;;. The van der Waals surface area contributed by atoms with Crippen LogP contribution in [0.5, 0.6) is 5.75 Å². The van der Waals surface area contributed by atoms with Crippen molar-refractivity contribution >= 4 is 17.3 Å². The maximum atomic E-state index is 12.5. The first-order chi connectivity index (χ1) is 19.9. The van der Waals surface area contributed by atoms with Gasteiger partial charge in [-0.05, 0) is 75.1 Å². The third kappa shape index (κ3) is 13.4. The molecular formula is C33H51F3N4O2. The smallest absolute Gasteiger partial charge is 0.406 e. The number of piperazine rings is 1. The second-order valence-electron chi connectivity index (χ2n) is 9.33. The van der Waals surface area contributed by atoms with Gasteiger partial charge in [-0.1, -0.05) is 65.3 Å². The minimum Gasteiger partial charge on any atom is -0.406 e. The zero-order valence-corrected chi connectivity index (χ0v) is 27.2. The number of likely N-dealkylation sites (N-methyl/N-ethyl adjacent to an activating group) is 1. The topological polar surface area (TPSA) is 48.4 Å². The maximum absolute atomic E-state index is 12.5. The zero-order valence-electron chi connectivity index (χ0n) is 27.2. The van der Waals surface area contributed by atoms with Crippen LogP contribution in [0.1, 0.15) is 80.7 Å². The van der Waals surface area contributed by atoms with Gasteiger partial charge in [0, 0.05) is 39.4 Å². The van der Waals surface area contributed by atoms with Crippen LogP contribution < -0.4 is 4.74 Å². The number of aliphatic imine (C=N–C) groups is 1. The third-order valence-corrected chi connectivity index (χ3v) is 6.02. The Hall–Kier alpha value is -3.49. The highest BCUT2D eigenvalue weighted by Crippen LogP contribution is 2.27. The van der Waals surface area contributed by atoms with Crippen LogP contribution in [0.2, 0.25) is 0 Å². The van der Waals surface area contributed by atoms with E-state index in [2.05, 4.69) is 23.5 Å². The highest BCUT2D eigenvalue weighted by molar-refractivity contribution is 6.05. The molecule has 0 N–H and O–H groups in total. The molecule has 1 aliphatic rings. The lowest BCUT2D eigenvalue weighted by Crippen LogP contribution is -2.47. The summed E-state index contributed by atoms with van der Waals surface area (Å²) in [6.07, 6.45) is 6.60. The van der Waals surface area contributed by atoms with Crippen molar-refractivity contribution in [1.82, 2.24) is 14.7 Å². The molecule has 0 saturated carbocycles. The zero-order chi connectivity index (χ0) is 32.3. The van der Waals surface area contributed by atoms with Gasteiger partial charge in [-0.2, -0.15) is 0 Å². The quantitative estimate of drug-likeness (QED) is 0.172. The normalized spacial score (nSPS) is 15.1. The van der Waals surface area contributed by atoms with Crippen LogP contribution in [0.15, 0.2) is 71.2 Å². The number of amidine groups is 1. The number of carbonyl (C=O) groups excluding carboxylic acids is 1. The minimum absolute atomic E-state index is 0.0292. The summed E-state index contributed by atoms with van der Waals surface area (Å²) in [6, 6.07) is 5.82. The van der Waals surface area contributed by atoms with Gasteiger partial charge >= 0.3 is 6.36 Å². The van der Waals surface area contributed by atoms with Gasteiger partial charge in [-0.3, -0.25) is 4.79 Å². The molecule has 0 bridgehead atoms. The fourth-order valence-electron chi connectivity index (χ4n) is 3.92. The molecule has 1 amide bonds. The number of ether oxygens (including phenoxy) is 1. The lowest BCUT2D eigenvalue weighted by atomic mass is 10.0. The molecular weight excluding hydrogens is 541 g/mol. The molecule has 1 aromatic carbocycles. The molecule has 0 atom stereocenters. The highest BCUT2D eigenvalue weighted by atomic mass is 19.4. The van der Waals surface area contributed by atoms with Crippen LogP contribution in [-0.4, -0.2) is 66.0 Å². The van der Waals surface area contributed by atoms with Gasteiger partial charge in [0.25, 0.3) is 0 Å². The fraction of sp³-hybridized carbons (Fsp3) is 0.515. The predicted molar refractivity (Wildman–Crippen MR) is 170 cm³/mol. The summed E-state index contributed by atoms with van der Waals surface area (Å²) in [5.74, 6) is 1.27. The Bertz CT molecular complexity index is 1080. The second-order valence-corrected chi connectivity index (χ2v) is 9.33. The van der Waals surface area contributed by atoms with Crippen molar-refractivity contribution in [1.29, 1.82) is 0 Å². The monoisotopic (exact) mass is 592 g/mol. The van der Waals surface area contributed by atoms with E-state index >= 15 is 0 Å². The van der Waals surface area contributed by atoms with Crippen LogP contribution in [-0.2, 0) is 4.79 Å². The number of amides is 1. The summed E-state index contributed by atoms with van der Waals surface area (Å²) in [5.41, 5.74) is 2.52. The van der Waals surface area contributed by atoms with E-state index in [-0.39, 0.29) is 11.7 Å². The second kappa shape index (κ2) is 20.4. The maximum Gasteiger partial charge on any atom is 0.573 e. The van der Waals surface area contributed by atoms with Gasteiger partial charge in [-0.15, -0.1) is 13.2 Å². The SMILES string of the molecule is C/C=C/N(C)C(=N/C(=C/C)N1CCN(C(=O)/C=C/CC)CC1)/C(C)=C(\C)c1ccc(OC(F)(F)F)cc1.CC.CCC. The first-order valence-corrected chi connectivity index (χ1v) is 14.8. The average Bonchev–Trinajstić information content (AvgIpc) is 2.97. The van der Waals surface area contributed by atoms with E-state index in [9.17, 15) is 18.0 Å². The van der Waals surface area contributed by atoms with Crippen LogP contribution in [0.4, 0.5) is 13.2 Å². The number of nitrogens with zero attached hydrogens (tertiary/aromatic N) is 4. The van der Waals surface area contributed by atoms with Gasteiger partial charge < -0.3 is 19.4 Å². The van der Waals surface area contributed by atoms with E-state index in [0.29, 0.717) is 32.0 Å². The van der Waals surface area contributed by atoms with Crippen LogP contribution in [0, 0.1) is 0 Å². The molecule has 0 radical (unpaired) electrons. The Morgan fingerprint density at radius 2 is 1.52 bits per heavy atom. The first-order valence-electron chi connectivity index (χ1n) is 14.8. The number of halogens is 3. The van der Waals surface area contributed by atoms with Crippen molar-refractivity contribution in [3.8, 4) is 5.75 Å². The lowest BCUT2D eigenvalue weighted by molar-refractivity contribution is -0.274. The summed E-state index contributed by atoms with van der Waals surface area (Å²) >= 11 is 0. The van der Waals surface area contributed by atoms with Crippen molar-refractivity contribution in [2.45, 2.75) is 81.5 Å². The van der Waals surface area contributed by atoms with Crippen LogP contribution in [0.25, 0.3) is 5.57 Å². The number of hydrogen-bond donors (Lipinski definition) is 0. The Labute approximate surface area is 251 Å². The molecule has 42 heavy (non-hydrogen) atoms. The molecule has 0 aromatic heterocycles. The first kappa shape index (κ1) is 38.5. The average molecular weight is 593 g/mol. The minimum atomic E-state index is -4.73. The summed E-state index contributed by atoms with van der Waals surface area (Å²) in [7, 11) is 1.90.